The molecule has 0 saturated heterocycles. The van der Waals surface area contributed by atoms with Crippen molar-refractivity contribution in [3.63, 3.8) is 0 Å². The summed E-state index contributed by atoms with van der Waals surface area (Å²) >= 11 is 0. The van der Waals surface area contributed by atoms with E-state index in [1.165, 1.54) is 22.3 Å². The molecule has 7 aromatic carbocycles. The molecule has 5 heteroatoms. The molecule has 2 aromatic heterocycles. The van der Waals surface area contributed by atoms with Crippen molar-refractivity contribution in [2.75, 3.05) is 0 Å². The van der Waals surface area contributed by atoms with Gasteiger partial charge >= 0.3 is 0 Å². The summed E-state index contributed by atoms with van der Waals surface area (Å²) in [6.45, 7) is 4.57. The van der Waals surface area contributed by atoms with Crippen molar-refractivity contribution in [1.82, 2.24) is 19.5 Å². The molecule has 0 amide bonds. The third-order valence-electron chi connectivity index (χ3n) is 10.8. The second-order valence-electron chi connectivity index (χ2n) is 14.4. The van der Waals surface area contributed by atoms with Crippen molar-refractivity contribution < 1.29 is 0 Å². The van der Waals surface area contributed by atoms with E-state index < -0.39 is 0 Å². The molecule has 5 nitrogen and oxygen atoms in total. The van der Waals surface area contributed by atoms with Crippen molar-refractivity contribution in [3.8, 4) is 62.1 Å². The van der Waals surface area contributed by atoms with E-state index in [0.717, 1.165) is 49.8 Å². The summed E-state index contributed by atoms with van der Waals surface area (Å²) < 4.78 is 1.80. The fraction of sp³-hybridized carbons (Fsp3) is 0.0612. The molecule has 0 saturated carbocycles. The molecule has 256 valence electrons. The molecule has 0 atom stereocenters. The van der Waals surface area contributed by atoms with Gasteiger partial charge in [-0.1, -0.05) is 141 Å². The molecule has 1 aliphatic carbocycles. The summed E-state index contributed by atoms with van der Waals surface area (Å²) in [7, 11) is 0. The molecule has 0 bridgehead atoms. The van der Waals surface area contributed by atoms with Crippen LogP contribution in [0.5, 0.6) is 0 Å². The molecule has 10 rings (SSSR count). The monoisotopic (exact) mass is 694 g/mol. The van der Waals surface area contributed by atoms with Gasteiger partial charge in [-0.2, -0.15) is 0 Å². The highest BCUT2D eigenvalue weighted by molar-refractivity contribution is 6.07. The Bertz CT molecular complexity index is 2980. The lowest BCUT2D eigenvalue weighted by atomic mass is 9.80. The topological polar surface area (TPSA) is 60.7 Å². The average Bonchev–Trinajstić information content (AvgIpc) is 3.47. The number of fused-ring (bicyclic) bond motifs is 6. The van der Waals surface area contributed by atoms with Gasteiger partial charge in [0.05, 0.1) is 5.52 Å². The maximum absolute atomic E-state index is 14.0. The van der Waals surface area contributed by atoms with E-state index in [4.69, 9.17) is 15.0 Å². The summed E-state index contributed by atoms with van der Waals surface area (Å²) in [5, 5.41) is 2.48. The van der Waals surface area contributed by atoms with Gasteiger partial charge < -0.3 is 0 Å². The molecular formula is C49H34N4O. The fourth-order valence-corrected chi connectivity index (χ4v) is 8.31. The second-order valence-corrected chi connectivity index (χ2v) is 14.4. The first-order chi connectivity index (χ1) is 26.5. The Morgan fingerprint density at radius 2 is 1.02 bits per heavy atom. The number of benzene rings is 7. The van der Waals surface area contributed by atoms with Crippen LogP contribution in [0.4, 0.5) is 0 Å². The summed E-state index contributed by atoms with van der Waals surface area (Å²) in [5.74, 6) is 1.78. The molecule has 0 N–H and O–H groups in total. The Kier molecular flexibility index (Phi) is 7.24. The van der Waals surface area contributed by atoms with Crippen LogP contribution in [0.25, 0.3) is 83.8 Å². The van der Waals surface area contributed by atoms with Gasteiger partial charge in [0.25, 0.3) is 5.56 Å². The molecule has 54 heavy (non-hydrogen) atoms. The molecular weight excluding hydrogens is 661 g/mol. The molecule has 0 spiro atoms. The Morgan fingerprint density at radius 1 is 0.444 bits per heavy atom. The summed E-state index contributed by atoms with van der Waals surface area (Å²) in [6.07, 6.45) is 0. The number of pyridine rings is 1. The third-order valence-corrected chi connectivity index (χ3v) is 10.8. The normalized spacial score (nSPS) is 12.9. The molecule has 2 heterocycles. The average molecular weight is 695 g/mol. The maximum atomic E-state index is 14.0. The lowest BCUT2D eigenvalue weighted by molar-refractivity contribution is 0.661. The largest absolute Gasteiger partial charge is 0.276 e. The van der Waals surface area contributed by atoms with Crippen LogP contribution in [0.2, 0.25) is 0 Å². The highest BCUT2D eigenvalue weighted by Crippen LogP contribution is 2.51. The lowest BCUT2D eigenvalue weighted by Crippen LogP contribution is -2.19. The standard InChI is InChI=1S/C49H34N4O/c1-49(2)42-26-12-11-22-37(42)38-24-14-25-40(44(38)49)47-51-45(33-18-13-17-32(29-33)31-15-5-3-6-16-31)50-46(52-47)34-27-28-43-41(30-34)36-21-9-10-23-39(36)48(54)53(43)35-19-7-4-8-20-35/h3-30H,1-2H3. The van der Waals surface area contributed by atoms with Crippen molar-refractivity contribution in [3.05, 3.63) is 191 Å². The van der Waals surface area contributed by atoms with E-state index in [9.17, 15) is 4.79 Å². The highest BCUT2D eigenvalue weighted by Gasteiger charge is 2.38. The van der Waals surface area contributed by atoms with E-state index in [0.29, 0.717) is 22.9 Å². The van der Waals surface area contributed by atoms with Gasteiger partial charge in [0.2, 0.25) is 0 Å². The Labute approximate surface area is 312 Å². The summed E-state index contributed by atoms with van der Waals surface area (Å²) in [6, 6.07) is 57.7. The minimum atomic E-state index is -0.258. The van der Waals surface area contributed by atoms with Gasteiger partial charge in [-0.15, -0.1) is 0 Å². The van der Waals surface area contributed by atoms with Crippen LogP contribution in [0.1, 0.15) is 25.0 Å². The maximum Gasteiger partial charge on any atom is 0.263 e. The minimum Gasteiger partial charge on any atom is -0.276 e. The Hall–Kier alpha value is -6.98. The van der Waals surface area contributed by atoms with Crippen LogP contribution in [-0.2, 0) is 5.41 Å². The lowest BCUT2D eigenvalue weighted by Gasteiger charge is -2.24. The van der Waals surface area contributed by atoms with Crippen molar-refractivity contribution in [2.24, 2.45) is 0 Å². The van der Waals surface area contributed by atoms with Gasteiger partial charge in [0.15, 0.2) is 17.5 Å². The van der Waals surface area contributed by atoms with Gasteiger partial charge in [0.1, 0.15) is 0 Å². The zero-order valence-electron chi connectivity index (χ0n) is 29.9. The van der Waals surface area contributed by atoms with Gasteiger partial charge in [-0.25, -0.2) is 15.0 Å². The zero-order chi connectivity index (χ0) is 36.4. The van der Waals surface area contributed by atoms with E-state index in [2.05, 4.69) is 111 Å². The molecule has 0 aliphatic heterocycles. The first-order valence-corrected chi connectivity index (χ1v) is 18.2. The zero-order valence-corrected chi connectivity index (χ0v) is 29.9. The second kappa shape index (κ2) is 12.3. The van der Waals surface area contributed by atoms with Crippen LogP contribution < -0.4 is 5.56 Å². The van der Waals surface area contributed by atoms with Crippen molar-refractivity contribution in [1.29, 1.82) is 0 Å². The number of para-hydroxylation sites is 1. The predicted molar refractivity (Wildman–Crippen MR) is 220 cm³/mol. The summed E-state index contributed by atoms with van der Waals surface area (Å²) in [5.41, 5.74) is 11.2. The Morgan fingerprint density at radius 3 is 1.81 bits per heavy atom. The highest BCUT2D eigenvalue weighted by atomic mass is 16.1. The Balaban J connectivity index is 1.23. The minimum absolute atomic E-state index is 0.0541. The number of rotatable bonds is 5. The van der Waals surface area contributed by atoms with E-state index in [1.54, 1.807) is 4.57 Å². The van der Waals surface area contributed by atoms with Crippen LogP contribution in [0.15, 0.2) is 175 Å². The van der Waals surface area contributed by atoms with Gasteiger partial charge in [-0.3, -0.25) is 9.36 Å². The van der Waals surface area contributed by atoms with Crippen molar-refractivity contribution >= 4 is 21.7 Å². The predicted octanol–water partition coefficient (Wildman–Crippen LogP) is 11.3. The quantitative estimate of drug-likeness (QED) is 0.168. The van der Waals surface area contributed by atoms with Crippen LogP contribution in [0.3, 0.4) is 0 Å². The number of hydrogen-bond donors (Lipinski definition) is 0. The van der Waals surface area contributed by atoms with Crippen LogP contribution >= 0.6 is 0 Å². The first-order valence-electron chi connectivity index (χ1n) is 18.2. The SMILES string of the molecule is CC1(C)c2ccccc2-c2cccc(-c3nc(-c4cccc(-c5ccccc5)c4)nc(-c4ccc5c(c4)c4ccccc4c(=O)n5-c4ccccc4)n3)c21. The molecule has 0 radical (unpaired) electrons. The van der Waals surface area contributed by atoms with Gasteiger partial charge in [0, 0.05) is 38.6 Å². The van der Waals surface area contributed by atoms with E-state index in [1.807, 2.05) is 72.8 Å². The number of hydrogen-bond acceptors (Lipinski definition) is 4. The fourth-order valence-electron chi connectivity index (χ4n) is 8.31. The van der Waals surface area contributed by atoms with Crippen LogP contribution in [-0.4, -0.2) is 19.5 Å². The molecule has 1 aliphatic rings. The van der Waals surface area contributed by atoms with Crippen LogP contribution in [0, 0.1) is 0 Å². The van der Waals surface area contributed by atoms with E-state index in [-0.39, 0.29) is 11.0 Å². The van der Waals surface area contributed by atoms with Gasteiger partial charge in [-0.05, 0) is 81.2 Å². The smallest absolute Gasteiger partial charge is 0.263 e. The number of nitrogens with zero attached hydrogens (tertiary/aromatic N) is 4. The molecule has 0 fully saturated rings. The molecule has 0 unspecified atom stereocenters. The van der Waals surface area contributed by atoms with Crippen molar-refractivity contribution in [2.45, 2.75) is 19.3 Å². The third kappa shape index (κ3) is 5.01. The first kappa shape index (κ1) is 31.7. The summed E-state index contributed by atoms with van der Waals surface area (Å²) in [4.78, 5) is 29.7. The van der Waals surface area contributed by atoms with E-state index >= 15 is 0 Å². The number of aromatic nitrogens is 4. The molecule has 9 aromatic rings.